The van der Waals surface area contributed by atoms with E-state index in [0.717, 1.165) is 11.1 Å². The van der Waals surface area contributed by atoms with Crippen LogP contribution in [-0.4, -0.2) is 90.2 Å². The summed E-state index contributed by atoms with van der Waals surface area (Å²) in [5.74, 6) is -1.16. The molecule has 1 atom stereocenters. The van der Waals surface area contributed by atoms with Gasteiger partial charge in [-0.2, -0.15) is 0 Å². The molecule has 0 saturated carbocycles. The Morgan fingerprint density at radius 1 is 0.764 bits per heavy atom. The lowest BCUT2D eigenvalue weighted by Crippen LogP contribution is -2.51. The SMILES string of the molecule is C=C1C(=O)N(CCCCCNC(=O)C(CCCNC(=O)OC(C)(C)C)N(CCCNC(=O)OCc2ccccc2)C(=O)OCc2ccccc2)C(=O)/C1=C/C. The zero-order valence-electron chi connectivity index (χ0n) is 32.4. The Morgan fingerprint density at radius 3 is 1.95 bits per heavy atom. The zero-order chi connectivity index (χ0) is 40.2. The van der Waals surface area contributed by atoms with Gasteiger partial charge >= 0.3 is 18.3 Å². The van der Waals surface area contributed by atoms with Crippen LogP contribution in [0.2, 0.25) is 0 Å². The minimum Gasteiger partial charge on any atom is -0.445 e. The van der Waals surface area contributed by atoms with Crippen LogP contribution < -0.4 is 16.0 Å². The average Bonchev–Trinajstić information content (AvgIpc) is 3.36. The van der Waals surface area contributed by atoms with Gasteiger partial charge in [0.25, 0.3) is 11.8 Å². The van der Waals surface area contributed by atoms with Crippen molar-refractivity contribution in [2.24, 2.45) is 0 Å². The lowest BCUT2D eigenvalue weighted by atomic mass is 10.1. The molecule has 0 aliphatic carbocycles. The van der Waals surface area contributed by atoms with E-state index in [2.05, 4.69) is 22.5 Å². The van der Waals surface area contributed by atoms with Crippen LogP contribution in [0.4, 0.5) is 14.4 Å². The summed E-state index contributed by atoms with van der Waals surface area (Å²) in [5.41, 5.74) is 1.43. The second-order valence-corrected chi connectivity index (χ2v) is 14.0. The fourth-order valence-electron chi connectivity index (χ4n) is 5.67. The number of rotatable bonds is 20. The smallest absolute Gasteiger partial charge is 0.410 e. The first-order valence-corrected chi connectivity index (χ1v) is 18.7. The number of hydrogen-bond donors (Lipinski definition) is 3. The highest BCUT2D eigenvalue weighted by Gasteiger charge is 2.36. The molecule has 1 heterocycles. The molecule has 1 aliphatic heterocycles. The van der Waals surface area contributed by atoms with Crippen LogP contribution in [0.1, 0.15) is 77.3 Å². The third kappa shape index (κ3) is 15.3. The third-order valence-electron chi connectivity index (χ3n) is 8.45. The minimum atomic E-state index is -0.973. The van der Waals surface area contributed by atoms with Crippen molar-refractivity contribution < 1.29 is 43.0 Å². The maximum atomic E-state index is 13.8. The summed E-state index contributed by atoms with van der Waals surface area (Å²) in [4.78, 5) is 79.6. The number of hydrogen-bond acceptors (Lipinski definition) is 9. The van der Waals surface area contributed by atoms with Gasteiger partial charge in [0, 0.05) is 43.9 Å². The number of amides is 6. The van der Waals surface area contributed by atoms with Crippen LogP contribution in [0.15, 0.2) is 84.5 Å². The molecule has 55 heavy (non-hydrogen) atoms. The zero-order valence-corrected chi connectivity index (χ0v) is 32.4. The van der Waals surface area contributed by atoms with Crippen LogP contribution in [0.5, 0.6) is 0 Å². The van der Waals surface area contributed by atoms with Crippen molar-refractivity contribution in [2.75, 3.05) is 32.7 Å². The van der Waals surface area contributed by atoms with Gasteiger partial charge < -0.3 is 30.2 Å². The highest BCUT2D eigenvalue weighted by molar-refractivity contribution is 6.24. The second-order valence-electron chi connectivity index (χ2n) is 14.0. The van der Waals surface area contributed by atoms with Crippen LogP contribution >= 0.6 is 0 Å². The number of ether oxygens (including phenoxy) is 3. The molecule has 0 spiro atoms. The van der Waals surface area contributed by atoms with E-state index in [4.69, 9.17) is 14.2 Å². The van der Waals surface area contributed by atoms with Crippen LogP contribution in [0.3, 0.4) is 0 Å². The molecule has 0 bridgehead atoms. The van der Waals surface area contributed by atoms with Crippen molar-refractivity contribution in [3.05, 3.63) is 95.6 Å². The lowest BCUT2D eigenvalue weighted by molar-refractivity contribution is -0.136. The summed E-state index contributed by atoms with van der Waals surface area (Å²) in [6, 6.07) is 17.4. The molecule has 3 rings (SSSR count). The standard InChI is InChI=1S/C41H55N5O9/c1-6-33-30(2)36(48)46(37(33)49)26-15-9-14-23-42-35(47)34(22-16-24-44-39(51)55-41(3,4)5)45(40(52)54-29-32-20-12-8-13-21-32)27-17-25-43-38(50)53-28-31-18-10-7-11-19-31/h6-8,10-13,18-21,34H,2,9,14-17,22-29H2,1,3-5H3,(H,42,47)(H,43,50)(H,44,51)/b33-6+. The van der Waals surface area contributed by atoms with E-state index in [-0.39, 0.29) is 70.3 Å². The Morgan fingerprint density at radius 2 is 1.35 bits per heavy atom. The van der Waals surface area contributed by atoms with Crippen LogP contribution in [0.25, 0.3) is 0 Å². The lowest BCUT2D eigenvalue weighted by Gasteiger charge is -2.30. The highest BCUT2D eigenvalue weighted by atomic mass is 16.6. The fourth-order valence-corrected chi connectivity index (χ4v) is 5.67. The maximum absolute atomic E-state index is 13.8. The molecule has 1 fully saturated rings. The number of carbonyl (C=O) groups is 6. The number of alkyl carbamates (subject to hydrolysis) is 2. The summed E-state index contributed by atoms with van der Waals surface area (Å²) >= 11 is 0. The quantitative estimate of drug-likeness (QED) is 0.0655. The Balaban J connectivity index is 1.63. The molecule has 2 aromatic carbocycles. The third-order valence-corrected chi connectivity index (χ3v) is 8.45. The summed E-state index contributed by atoms with van der Waals surface area (Å²) < 4.78 is 16.3. The molecule has 14 nitrogen and oxygen atoms in total. The number of nitrogens with zero attached hydrogens (tertiary/aromatic N) is 2. The van der Waals surface area contributed by atoms with Crippen molar-refractivity contribution >= 4 is 36.0 Å². The summed E-state index contributed by atoms with van der Waals surface area (Å²) in [6.45, 7) is 11.7. The Labute approximate surface area is 323 Å². The van der Waals surface area contributed by atoms with Gasteiger partial charge in [-0.1, -0.05) is 73.3 Å². The van der Waals surface area contributed by atoms with Crippen LogP contribution in [0, 0.1) is 0 Å². The van der Waals surface area contributed by atoms with Gasteiger partial charge in [0.1, 0.15) is 24.9 Å². The number of unbranched alkanes of at least 4 members (excludes halogenated alkanes) is 2. The molecule has 1 unspecified atom stereocenters. The van der Waals surface area contributed by atoms with Gasteiger partial charge in [-0.15, -0.1) is 0 Å². The molecule has 3 N–H and O–H groups in total. The van der Waals surface area contributed by atoms with Gasteiger partial charge in [0.15, 0.2) is 0 Å². The van der Waals surface area contributed by atoms with E-state index < -0.39 is 41.7 Å². The van der Waals surface area contributed by atoms with Crippen molar-refractivity contribution in [1.82, 2.24) is 25.8 Å². The van der Waals surface area contributed by atoms with Crippen molar-refractivity contribution in [2.45, 2.75) is 91.1 Å². The monoisotopic (exact) mass is 761 g/mol. The van der Waals surface area contributed by atoms with Crippen LogP contribution in [-0.2, 0) is 41.8 Å². The largest absolute Gasteiger partial charge is 0.445 e. The van der Waals surface area contributed by atoms with Gasteiger partial charge in [-0.3, -0.25) is 24.2 Å². The van der Waals surface area contributed by atoms with E-state index in [0.29, 0.717) is 31.3 Å². The number of nitrogens with one attached hydrogen (secondary N) is 3. The molecule has 0 aromatic heterocycles. The molecule has 1 saturated heterocycles. The number of allylic oxidation sites excluding steroid dienone is 1. The van der Waals surface area contributed by atoms with E-state index >= 15 is 0 Å². The van der Waals surface area contributed by atoms with E-state index in [1.165, 1.54) is 9.80 Å². The fraction of sp³-hybridized carbons (Fsp3) is 0.463. The maximum Gasteiger partial charge on any atom is 0.410 e. The van der Waals surface area contributed by atoms with Crippen molar-refractivity contribution in [3.8, 4) is 0 Å². The van der Waals surface area contributed by atoms with Gasteiger partial charge in [-0.25, -0.2) is 14.4 Å². The molecular formula is C41H55N5O9. The second kappa shape index (κ2) is 22.5. The molecule has 298 valence electrons. The Hall–Kier alpha value is -5.66. The van der Waals surface area contributed by atoms with Gasteiger partial charge in [-0.05, 0) is 77.3 Å². The number of benzene rings is 2. The molecule has 2 aromatic rings. The number of likely N-dealkylation sites (tertiary alicyclic amines) is 1. The summed E-state index contributed by atoms with van der Waals surface area (Å²) in [7, 11) is 0. The first-order chi connectivity index (χ1) is 26.3. The van der Waals surface area contributed by atoms with Crippen molar-refractivity contribution in [1.29, 1.82) is 0 Å². The number of carbonyl (C=O) groups excluding carboxylic acids is 6. The first kappa shape index (κ1) is 43.7. The Kier molecular flexibility index (Phi) is 17.9. The molecular weight excluding hydrogens is 706 g/mol. The summed E-state index contributed by atoms with van der Waals surface area (Å²) in [6.07, 6.45) is 2.18. The molecule has 6 amide bonds. The first-order valence-electron chi connectivity index (χ1n) is 18.7. The van der Waals surface area contributed by atoms with E-state index in [1.54, 1.807) is 33.8 Å². The topological polar surface area (TPSA) is 173 Å². The van der Waals surface area contributed by atoms with E-state index in [9.17, 15) is 28.8 Å². The van der Waals surface area contributed by atoms with E-state index in [1.807, 2.05) is 60.7 Å². The molecule has 0 radical (unpaired) electrons. The molecule has 14 heteroatoms. The molecule has 1 aliphatic rings. The normalized spacial score (nSPS) is 14.0. The average molecular weight is 762 g/mol. The Bertz CT molecular complexity index is 1640. The van der Waals surface area contributed by atoms with Gasteiger partial charge in [0.2, 0.25) is 5.91 Å². The minimum absolute atomic E-state index is 0.0142. The number of imide groups is 1. The van der Waals surface area contributed by atoms with Gasteiger partial charge in [0.05, 0.1) is 0 Å². The predicted molar refractivity (Wildman–Crippen MR) is 206 cm³/mol. The highest BCUT2D eigenvalue weighted by Crippen LogP contribution is 2.23. The van der Waals surface area contributed by atoms with Crippen molar-refractivity contribution in [3.63, 3.8) is 0 Å². The summed E-state index contributed by atoms with van der Waals surface area (Å²) in [5, 5.41) is 8.30. The predicted octanol–water partition coefficient (Wildman–Crippen LogP) is 5.77.